The average Bonchev–Trinajstić information content (AvgIpc) is 2.93. The Balaban J connectivity index is 1.98. The maximum absolute atomic E-state index is 13.6. The Morgan fingerprint density at radius 2 is 1.95 bits per heavy atom. The van der Waals surface area contributed by atoms with Crippen molar-refractivity contribution >= 4 is 5.78 Å². The molecule has 0 aliphatic heterocycles. The summed E-state index contributed by atoms with van der Waals surface area (Å²) in [5, 5.41) is 0. The fourth-order valence-corrected chi connectivity index (χ4v) is 2.75. The summed E-state index contributed by atoms with van der Waals surface area (Å²) in [6.45, 7) is -0.262. The monoisotopic (exact) mass is 289 g/mol. The maximum atomic E-state index is 13.6. The van der Waals surface area contributed by atoms with E-state index in [2.05, 4.69) is 0 Å². The van der Waals surface area contributed by atoms with Gasteiger partial charge in [0.05, 0.1) is 12.1 Å². The molecule has 0 fully saturated rings. The molecule has 0 saturated heterocycles. The summed E-state index contributed by atoms with van der Waals surface area (Å²) in [6, 6.07) is 5.93. The summed E-state index contributed by atoms with van der Waals surface area (Å²) in [5.41, 5.74) is 1.26. The molecule has 0 N–H and O–H groups in total. The number of aryl methyl sites for hydroxylation is 1. The molecule has 5 heteroatoms. The topological polar surface area (TPSA) is 39.1 Å². The number of aromatic nitrogens is 1. The minimum atomic E-state index is -0.776. The molecular formula is C16H13F2NO2. The van der Waals surface area contributed by atoms with Gasteiger partial charge in [0.1, 0.15) is 11.6 Å². The highest BCUT2D eigenvalue weighted by Crippen LogP contribution is 2.20. The number of Topliss-reactive ketones (excluding diaryl/α,β-unsaturated/α-hetero) is 1. The zero-order chi connectivity index (χ0) is 15.0. The third-order valence-electron chi connectivity index (χ3n) is 3.78. The van der Waals surface area contributed by atoms with E-state index in [-0.39, 0.29) is 17.7 Å². The molecule has 0 radical (unpaired) electrons. The lowest BCUT2D eigenvalue weighted by molar-refractivity contribution is 0.0965. The standard InChI is InChI=1S/C16H13F2NO2/c17-11-5-6-13(18)12(8-11)15(20)9-19-14-3-1-2-10(14)4-7-16(19)21/h4-8H,1-3,9H2. The first-order valence-electron chi connectivity index (χ1n) is 6.76. The second kappa shape index (κ2) is 5.24. The van der Waals surface area contributed by atoms with Gasteiger partial charge in [0.15, 0.2) is 5.78 Å². The first-order valence-corrected chi connectivity index (χ1v) is 6.76. The van der Waals surface area contributed by atoms with Crippen LogP contribution in [0, 0.1) is 11.6 Å². The molecule has 0 amide bonds. The van der Waals surface area contributed by atoms with Crippen LogP contribution >= 0.6 is 0 Å². The Morgan fingerprint density at radius 3 is 2.76 bits per heavy atom. The molecule has 1 aromatic carbocycles. The van der Waals surface area contributed by atoms with Crippen LogP contribution in [0.25, 0.3) is 0 Å². The maximum Gasteiger partial charge on any atom is 0.251 e. The number of pyridine rings is 1. The van der Waals surface area contributed by atoms with Gasteiger partial charge in [-0.05, 0) is 43.0 Å². The van der Waals surface area contributed by atoms with Crippen molar-refractivity contribution in [1.82, 2.24) is 4.57 Å². The van der Waals surface area contributed by atoms with E-state index in [1.807, 2.05) is 0 Å². The van der Waals surface area contributed by atoms with Crippen molar-refractivity contribution in [3.63, 3.8) is 0 Å². The van der Waals surface area contributed by atoms with Crippen molar-refractivity contribution < 1.29 is 13.6 Å². The van der Waals surface area contributed by atoms with Crippen molar-refractivity contribution in [3.05, 3.63) is 69.1 Å². The number of hydrogen-bond acceptors (Lipinski definition) is 2. The van der Waals surface area contributed by atoms with E-state index in [0.29, 0.717) is 0 Å². The molecule has 108 valence electrons. The lowest BCUT2D eigenvalue weighted by Crippen LogP contribution is -2.27. The Labute approximate surface area is 119 Å². The van der Waals surface area contributed by atoms with Crippen LogP contribution in [0.3, 0.4) is 0 Å². The zero-order valence-electron chi connectivity index (χ0n) is 11.2. The molecule has 3 nitrogen and oxygen atoms in total. The van der Waals surface area contributed by atoms with Crippen LogP contribution in [0.4, 0.5) is 8.78 Å². The predicted octanol–water partition coefficient (Wildman–Crippen LogP) is 2.50. The fourth-order valence-electron chi connectivity index (χ4n) is 2.75. The van der Waals surface area contributed by atoms with Gasteiger partial charge in [-0.25, -0.2) is 8.78 Å². The van der Waals surface area contributed by atoms with Gasteiger partial charge >= 0.3 is 0 Å². The molecule has 1 aliphatic carbocycles. The first kappa shape index (κ1) is 13.7. The average molecular weight is 289 g/mol. The van der Waals surface area contributed by atoms with Crippen molar-refractivity contribution in [2.45, 2.75) is 25.8 Å². The van der Waals surface area contributed by atoms with Gasteiger partial charge in [0.25, 0.3) is 5.56 Å². The lowest BCUT2D eigenvalue weighted by atomic mass is 10.1. The number of rotatable bonds is 3. The van der Waals surface area contributed by atoms with Gasteiger partial charge < -0.3 is 4.57 Å². The Kier molecular flexibility index (Phi) is 3.41. The Bertz CT molecular complexity index is 780. The van der Waals surface area contributed by atoms with E-state index in [1.54, 1.807) is 6.07 Å². The Hall–Kier alpha value is -2.30. The van der Waals surface area contributed by atoms with Crippen LogP contribution in [0.15, 0.2) is 35.1 Å². The zero-order valence-corrected chi connectivity index (χ0v) is 11.2. The van der Waals surface area contributed by atoms with Gasteiger partial charge in [-0.2, -0.15) is 0 Å². The molecule has 0 atom stereocenters. The van der Waals surface area contributed by atoms with Crippen molar-refractivity contribution in [2.75, 3.05) is 0 Å². The number of hydrogen-bond donors (Lipinski definition) is 0. The minimum absolute atomic E-state index is 0.262. The van der Waals surface area contributed by atoms with Gasteiger partial charge in [-0.15, -0.1) is 0 Å². The number of fused-ring (bicyclic) bond motifs is 1. The van der Waals surface area contributed by atoms with Gasteiger partial charge in [-0.3, -0.25) is 9.59 Å². The third-order valence-corrected chi connectivity index (χ3v) is 3.78. The minimum Gasteiger partial charge on any atom is -0.305 e. The SMILES string of the molecule is O=C(Cn1c2c(ccc1=O)CCC2)c1cc(F)ccc1F. The van der Waals surface area contributed by atoms with Crippen LogP contribution < -0.4 is 5.56 Å². The molecule has 3 rings (SSSR count). The summed E-state index contributed by atoms with van der Waals surface area (Å²) in [7, 11) is 0. The summed E-state index contributed by atoms with van der Waals surface area (Å²) >= 11 is 0. The van der Waals surface area contributed by atoms with Crippen molar-refractivity contribution in [2.24, 2.45) is 0 Å². The Morgan fingerprint density at radius 1 is 1.14 bits per heavy atom. The van der Waals surface area contributed by atoms with E-state index >= 15 is 0 Å². The predicted molar refractivity (Wildman–Crippen MR) is 73.4 cm³/mol. The lowest BCUT2D eigenvalue weighted by Gasteiger charge is -2.11. The van der Waals surface area contributed by atoms with Gasteiger partial charge in [-0.1, -0.05) is 6.07 Å². The molecule has 2 aromatic rings. The molecule has 0 unspecified atom stereocenters. The second-order valence-electron chi connectivity index (χ2n) is 5.13. The summed E-state index contributed by atoms with van der Waals surface area (Å²) in [6.07, 6.45) is 2.53. The number of benzene rings is 1. The highest BCUT2D eigenvalue weighted by molar-refractivity contribution is 5.96. The van der Waals surface area contributed by atoms with E-state index in [0.717, 1.165) is 48.7 Å². The van der Waals surface area contributed by atoms with Gasteiger partial charge in [0, 0.05) is 11.8 Å². The molecule has 1 heterocycles. The highest BCUT2D eigenvalue weighted by Gasteiger charge is 2.19. The van der Waals surface area contributed by atoms with Gasteiger partial charge in [0.2, 0.25) is 0 Å². The number of carbonyl (C=O) groups excluding carboxylic acids is 1. The molecular weight excluding hydrogens is 276 g/mol. The largest absolute Gasteiger partial charge is 0.305 e. The second-order valence-corrected chi connectivity index (χ2v) is 5.13. The molecule has 1 aliphatic rings. The van der Waals surface area contributed by atoms with Crippen molar-refractivity contribution in [3.8, 4) is 0 Å². The van der Waals surface area contributed by atoms with E-state index in [9.17, 15) is 18.4 Å². The molecule has 21 heavy (non-hydrogen) atoms. The smallest absolute Gasteiger partial charge is 0.251 e. The number of halogens is 2. The first-order chi connectivity index (χ1) is 10.1. The van der Waals surface area contributed by atoms with E-state index < -0.39 is 17.4 Å². The van der Waals surface area contributed by atoms with Crippen LogP contribution in [0.5, 0.6) is 0 Å². The molecule has 1 aromatic heterocycles. The number of nitrogens with zero attached hydrogens (tertiary/aromatic N) is 1. The number of ketones is 1. The van der Waals surface area contributed by atoms with Crippen LogP contribution in [-0.4, -0.2) is 10.4 Å². The summed E-state index contributed by atoms with van der Waals surface area (Å²) in [5.74, 6) is -2.05. The highest BCUT2D eigenvalue weighted by atomic mass is 19.1. The summed E-state index contributed by atoms with van der Waals surface area (Å²) in [4.78, 5) is 24.1. The molecule has 0 bridgehead atoms. The quantitative estimate of drug-likeness (QED) is 0.814. The molecule has 0 saturated carbocycles. The van der Waals surface area contributed by atoms with Crippen molar-refractivity contribution in [1.29, 1.82) is 0 Å². The number of carbonyl (C=O) groups is 1. The summed E-state index contributed by atoms with van der Waals surface area (Å²) < 4.78 is 28.2. The van der Waals surface area contributed by atoms with Crippen LogP contribution in [-0.2, 0) is 19.4 Å². The third kappa shape index (κ3) is 2.51. The van der Waals surface area contributed by atoms with E-state index in [4.69, 9.17) is 0 Å². The van der Waals surface area contributed by atoms with Crippen LogP contribution in [0.2, 0.25) is 0 Å². The van der Waals surface area contributed by atoms with E-state index in [1.165, 1.54) is 10.6 Å². The van der Waals surface area contributed by atoms with Crippen LogP contribution in [0.1, 0.15) is 28.0 Å². The molecule has 0 spiro atoms. The normalized spacial score (nSPS) is 13.2. The fraction of sp³-hybridized carbons (Fsp3) is 0.250.